The van der Waals surface area contributed by atoms with E-state index in [1.54, 1.807) is 7.11 Å². The van der Waals surface area contributed by atoms with Crippen molar-refractivity contribution in [2.24, 2.45) is 0 Å². The quantitative estimate of drug-likeness (QED) is 0.493. The minimum Gasteiger partial charge on any atom is -0.391 e. The lowest BCUT2D eigenvalue weighted by molar-refractivity contribution is -0.00584. The Morgan fingerprint density at radius 3 is 2.56 bits per heavy atom. The van der Waals surface area contributed by atoms with Gasteiger partial charge in [0.05, 0.1) is 31.5 Å². The number of hydrogen-bond donors (Lipinski definition) is 3. The monoisotopic (exact) mass is 261 g/mol. The van der Waals surface area contributed by atoms with Crippen LogP contribution < -0.4 is 5.32 Å². The van der Waals surface area contributed by atoms with E-state index in [9.17, 15) is 10.2 Å². The highest BCUT2D eigenvalue weighted by atomic mass is 16.5. The predicted molar refractivity (Wildman–Crippen MR) is 69.6 cm³/mol. The molecule has 0 heterocycles. The van der Waals surface area contributed by atoms with E-state index in [0.29, 0.717) is 38.8 Å². The van der Waals surface area contributed by atoms with Crippen molar-refractivity contribution in [3.63, 3.8) is 0 Å². The highest BCUT2D eigenvalue weighted by Gasteiger charge is 2.16. The summed E-state index contributed by atoms with van der Waals surface area (Å²) in [7, 11) is 1.57. The van der Waals surface area contributed by atoms with Gasteiger partial charge in [-0.25, -0.2) is 0 Å². The molecule has 0 spiro atoms. The Morgan fingerprint density at radius 1 is 1.17 bits per heavy atom. The zero-order valence-electron chi connectivity index (χ0n) is 11.3. The molecule has 0 bridgehead atoms. The number of hydrogen-bond acceptors (Lipinski definition) is 5. The number of nitrogens with one attached hydrogen (secondary N) is 1. The van der Waals surface area contributed by atoms with Crippen LogP contribution in [0.5, 0.6) is 0 Å². The van der Waals surface area contributed by atoms with E-state index in [0.717, 1.165) is 12.8 Å². The Bertz CT molecular complexity index is 197. The van der Waals surface area contributed by atoms with Gasteiger partial charge < -0.3 is 25.0 Å². The second kappa shape index (κ2) is 9.69. The fourth-order valence-electron chi connectivity index (χ4n) is 2.17. The maximum absolute atomic E-state index is 9.70. The van der Waals surface area contributed by atoms with Crippen molar-refractivity contribution in [1.82, 2.24) is 5.32 Å². The van der Waals surface area contributed by atoms with Crippen LogP contribution in [0.1, 0.15) is 32.1 Å². The molecule has 0 aliphatic heterocycles. The summed E-state index contributed by atoms with van der Waals surface area (Å²) in [5.74, 6) is 0. The summed E-state index contributed by atoms with van der Waals surface area (Å²) in [6, 6.07) is 0. The zero-order valence-corrected chi connectivity index (χ0v) is 11.3. The summed E-state index contributed by atoms with van der Waals surface area (Å²) in [5.41, 5.74) is 0. The first kappa shape index (κ1) is 15.9. The Balaban J connectivity index is 1.91. The van der Waals surface area contributed by atoms with Crippen LogP contribution in [-0.4, -0.2) is 61.9 Å². The molecule has 0 aromatic carbocycles. The molecular formula is C13H27NO4. The van der Waals surface area contributed by atoms with Crippen LogP contribution in [-0.2, 0) is 9.47 Å². The van der Waals surface area contributed by atoms with Crippen molar-refractivity contribution < 1.29 is 19.7 Å². The summed E-state index contributed by atoms with van der Waals surface area (Å²) in [5, 5.41) is 22.2. The lowest BCUT2D eigenvalue weighted by Crippen LogP contribution is -2.33. The topological polar surface area (TPSA) is 71.0 Å². The van der Waals surface area contributed by atoms with Gasteiger partial charge in [-0.1, -0.05) is 12.8 Å². The maximum atomic E-state index is 9.70. The lowest BCUT2D eigenvalue weighted by Gasteiger charge is -2.16. The lowest BCUT2D eigenvalue weighted by atomic mass is 10.2. The third kappa shape index (κ3) is 7.28. The third-order valence-corrected chi connectivity index (χ3v) is 3.22. The summed E-state index contributed by atoms with van der Waals surface area (Å²) < 4.78 is 10.5. The molecule has 1 fully saturated rings. The van der Waals surface area contributed by atoms with Crippen LogP contribution in [0.25, 0.3) is 0 Å². The van der Waals surface area contributed by atoms with E-state index >= 15 is 0 Å². The van der Waals surface area contributed by atoms with Crippen LogP contribution in [0, 0.1) is 0 Å². The van der Waals surface area contributed by atoms with Crippen molar-refractivity contribution in [3.05, 3.63) is 0 Å². The molecule has 1 rings (SSSR count). The van der Waals surface area contributed by atoms with Crippen LogP contribution in [0.3, 0.4) is 0 Å². The molecule has 5 heteroatoms. The highest BCUT2D eigenvalue weighted by Crippen LogP contribution is 2.20. The van der Waals surface area contributed by atoms with E-state index in [1.165, 1.54) is 12.8 Å². The Morgan fingerprint density at radius 2 is 1.89 bits per heavy atom. The molecule has 108 valence electrons. The molecule has 3 N–H and O–H groups in total. The van der Waals surface area contributed by atoms with Crippen molar-refractivity contribution in [3.8, 4) is 0 Å². The van der Waals surface area contributed by atoms with Crippen molar-refractivity contribution in [2.75, 3.05) is 33.4 Å². The molecule has 1 saturated carbocycles. The summed E-state index contributed by atoms with van der Waals surface area (Å²) in [6.07, 6.45) is 4.83. The summed E-state index contributed by atoms with van der Waals surface area (Å²) in [6.45, 7) is 1.94. The molecular weight excluding hydrogens is 234 g/mol. The molecule has 0 saturated heterocycles. The second-order valence-electron chi connectivity index (χ2n) is 5.00. The van der Waals surface area contributed by atoms with Gasteiger partial charge in [-0.2, -0.15) is 0 Å². The zero-order chi connectivity index (χ0) is 13.2. The normalized spacial score (nSPS) is 20.2. The minimum atomic E-state index is -0.467. The molecule has 18 heavy (non-hydrogen) atoms. The average Bonchev–Trinajstić information content (AvgIpc) is 2.85. The molecule has 0 aromatic heterocycles. The number of ether oxygens (including phenoxy) is 2. The van der Waals surface area contributed by atoms with E-state index in [-0.39, 0.29) is 0 Å². The van der Waals surface area contributed by atoms with Gasteiger partial charge in [0.1, 0.15) is 0 Å². The molecule has 5 nitrogen and oxygen atoms in total. The number of aliphatic hydroxyl groups is 2. The Labute approximate surface area is 109 Å². The number of aliphatic hydroxyl groups excluding tert-OH is 2. The van der Waals surface area contributed by atoms with Crippen LogP contribution in [0.2, 0.25) is 0 Å². The van der Waals surface area contributed by atoms with Crippen LogP contribution >= 0.6 is 0 Å². The summed E-state index contributed by atoms with van der Waals surface area (Å²) in [4.78, 5) is 0. The van der Waals surface area contributed by atoms with Gasteiger partial charge in [0.2, 0.25) is 0 Å². The van der Waals surface area contributed by atoms with Crippen LogP contribution in [0.15, 0.2) is 0 Å². The predicted octanol–water partition coefficient (Wildman–Crippen LogP) is 0.294. The SMILES string of the molecule is COCC(O)CCNCC(O)COC1CCCC1. The van der Waals surface area contributed by atoms with Gasteiger partial charge >= 0.3 is 0 Å². The fourth-order valence-corrected chi connectivity index (χ4v) is 2.17. The van der Waals surface area contributed by atoms with Gasteiger partial charge in [0, 0.05) is 13.7 Å². The molecule has 1 aliphatic carbocycles. The Hall–Kier alpha value is -0.200. The largest absolute Gasteiger partial charge is 0.391 e. The fraction of sp³-hybridized carbons (Fsp3) is 1.00. The molecule has 0 aromatic rings. The van der Waals surface area contributed by atoms with Crippen molar-refractivity contribution in [1.29, 1.82) is 0 Å². The molecule has 1 aliphatic rings. The smallest absolute Gasteiger partial charge is 0.0897 e. The van der Waals surface area contributed by atoms with Gasteiger partial charge in [-0.3, -0.25) is 0 Å². The van der Waals surface area contributed by atoms with E-state index in [4.69, 9.17) is 9.47 Å². The number of methoxy groups -OCH3 is 1. The standard InChI is InChI=1S/C13H27NO4/c1-17-9-11(15)6-7-14-8-12(16)10-18-13-4-2-3-5-13/h11-16H,2-10H2,1H3. The Kier molecular flexibility index (Phi) is 8.54. The van der Waals surface area contributed by atoms with E-state index in [2.05, 4.69) is 5.32 Å². The first-order valence-electron chi connectivity index (χ1n) is 6.89. The number of rotatable bonds is 10. The first-order chi connectivity index (χ1) is 8.72. The van der Waals surface area contributed by atoms with E-state index < -0.39 is 12.2 Å². The minimum absolute atomic E-state index is 0.350. The van der Waals surface area contributed by atoms with Gasteiger partial charge in [-0.05, 0) is 25.8 Å². The van der Waals surface area contributed by atoms with Gasteiger partial charge in [0.25, 0.3) is 0 Å². The van der Waals surface area contributed by atoms with E-state index in [1.807, 2.05) is 0 Å². The molecule has 2 unspecified atom stereocenters. The summed E-state index contributed by atoms with van der Waals surface area (Å²) >= 11 is 0. The van der Waals surface area contributed by atoms with Crippen molar-refractivity contribution in [2.45, 2.75) is 50.4 Å². The molecule has 0 amide bonds. The third-order valence-electron chi connectivity index (χ3n) is 3.22. The average molecular weight is 261 g/mol. The van der Waals surface area contributed by atoms with Gasteiger partial charge in [-0.15, -0.1) is 0 Å². The molecule has 0 radical (unpaired) electrons. The molecule has 2 atom stereocenters. The highest BCUT2D eigenvalue weighted by molar-refractivity contribution is 4.68. The first-order valence-corrected chi connectivity index (χ1v) is 6.89. The van der Waals surface area contributed by atoms with Crippen LogP contribution in [0.4, 0.5) is 0 Å². The van der Waals surface area contributed by atoms with Gasteiger partial charge in [0.15, 0.2) is 0 Å². The van der Waals surface area contributed by atoms with Crippen molar-refractivity contribution >= 4 is 0 Å². The second-order valence-corrected chi connectivity index (χ2v) is 5.00. The maximum Gasteiger partial charge on any atom is 0.0897 e.